The smallest absolute Gasteiger partial charge is 0.288 e. The molecule has 1 heterocycles. The minimum atomic E-state index is -4.46. The van der Waals surface area contributed by atoms with Crippen molar-refractivity contribution in [3.63, 3.8) is 0 Å². The molecule has 0 amide bonds. The summed E-state index contributed by atoms with van der Waals surface area (Å²) in [4.78, 5) is 12.4. The van der Waals surface area contributed by atoms with Crippen molar-refractivity contribution in [2.24, 2.45) is 0 Å². The second-order valence-corrected chi connectivity index (χ2v) is 5.63. The third kappa shape index (κ3) is 2.98. The highest BCUT2D eigenvalue weighted by atomic mass is 35.5. The van der Waals surface area contributed by atoms with E-state index in [1.807, 2.05) is 0 Å². The first-order valence-electron chi connectivity index (χ1n) is 5.27. The minimum absolute atomic E-state index is 0.00717. The molecule has 0 aliphatic rings. The molecule has 1 aromatic carbocycles. The Balaban J connectivity index is 2.39. The lowest BCUT2D eigenvalue weighted by atomic mass is 10.1. The Hall–Kier alpha value is -1.33. The minimum Gasteiger partial charge on any atom is -0.288 e. The normalized spacial score (nSPS) is 11.6. The molecule has 6 heteroatoms. The zero-order valence-corrected chi connectivity index (χ0v) is 11.3. The van der Waals surface area contributed by atoms with E-state index >= 15 is 0 Å². The molecule has 1 nitrogen and oxygen atoms in total. The van der Waals surface area contributed by atoms with Crippen molar-refractivity contribution in [1.82, 2.24) is 0 Å². The summed E-state index contributed by atoms with van der Waals surface area (Å²) in [5, 5.41) is 0. The van der Waals surface area contributed by atoms with Crippen molar-refractivity contribution >= 4 is 28.7 Å². The van der Waals surface area contributed by atoms with E-state index in [0.29, 0.717) is 9.21 Å². The average Bonchev–Trinajstić information content (AvgIpc) is 2.68. The third-order valence-corrected chi connectivity index (χ3v) is 4.09. The van der Waals surface area contributed by atoms with Gasteiger partial charge < -0.3 is 0 Å². The zero-order chi connectivity index (χ0) is 14.2. The Morgan fingerprint density at radius 3 is 2.47 bits per heavy atom. The van der Waals surface area contributed by atoms with Crippen LogP contribution in [-0.2, 0) is 6.18 Å². The molecule has 0 unspecified atom stereocenters. The van der Waals surface area contributed by atoms with Gasteiger partial charge in [0, 0.05) is 5.56 Å². The van der Waals surface area contributed by atoms with Crippen LogP contribution in [0, 0.1) is 6.92 Å². The maximum atomic E-state index is 12.6. The number of thiophene rings is 1. The predicted molar refractivity (Wildman–Crippen MR) is 68.9 cm³/mol. The summed E-state index contributed by atoms with van der Waals surface area (Å²) in [6, 6.07) is 5.95. The number of alkyl halides is 3. The van der Waals surface area contributed by atoms with Crippen LogP contribution in [0.2, 0.25) is 4.34 Å². The quantitative estimate of drug-likeness (QED) is 0.717. The molecule has 2 aromatic rings. The van der Waals surface area contributed by atoms with E-state index in [1.54, 1.807) is 13.0 Å². The molecule has 0 saturated carbocycles. The Kier molecular flexibility index (Phi) is 3.69. The molecule has 0 N–H and O–H groups in total. The number of aryl methyl sites for hydroxylation is 1. The fourth-order valence-electron chi connectivity index (χ4n) is 1.55. The number of ketones is 1. The van der Waals surface area contributed by atoms with Crippen molar-refractivity contribution in [3.05, 3.63) is 56.2 Å². The van der Waals surface area contributed by atoms with E-state index in [4.69, 9.17) is 11.6 Å². The Labute approximate surface area is 116 Å². The molecule has 0 saturated heterocycles. The van der Waals surface area contributed by atoms with Crippen molar-refractivity contribution in [2.75, 3.05) is 0 Å². The van der Waals surface area contributed by atoms with Crippen LogP contribution in [0.1, 0.15) is 26.4 Å². The zero-order valence-electron chi connectivity index (χ0n) is 9.72. The van der Waals surface area contributed by atoms with Crippen LogP contribution in [0.5, 0.6) is 0 Å². The van der Waals surface area contributed by atoms with E-state index in [-0.39, 0.29) is 5.56 Å². The number of carbonyl (C=O) groups excluding carboxylic acids is 1. The highest BCUT2D eigenvalue weighted by Crippen LogP contribution is 2.32. The number of rotatable bonds is 2. The number of carbonyl (C=O) groups is 1. The molecule has 0 aliphatic carbocycles. The summed E-state index contributed by atoms with van der Waals surface area (Å²) in [6.45, 7) is 1.74. The van der Waals surface area contributed by atoms with Crippen molar-refractivity contribution in [3.8, 4) is 0 Å². The van der Waals surface area contributed by atoms with Gasteiger partial charge in [-0.15, -0.1) is 11.3 Å². The Morgan fingerprint density at radius 2 is 1.95 bits per heavy atom. The number of hydrogen-bond acceptors (Lipinski definition) is 2. The lowest BCUT2D eigenvalue weighted by Crippen LogP contribution is -2.07. The number of benzene rings is 1. The lowest BCUT2D eigenvalue weighted by molar-refractivity contribution is -0.137. The van der Waals surface area contributed by atoms with Gasteiger partial charge in [-0.25, -0.2) is 0 Å². The van der Waals surface area contributed by atoms with Gasteiger partial charge in [-0.2, -0.15) is 13.2 Å². The van der Waals surface area contributed by atoms with Gasteiger partial charge in [-0.05, 0) is 30.7 Å². The van der Waals surface area contributed by atoms with E-state index in [2.05, 4.69) is 0 Å². The van der Waals surface area contributed by atoms with E-state index in [0.717, 1.165) is 29.0 Å². The first-order chi connectivity index (χ1) is 8.79. The second-order valence-electron chi connectivity index (χ2n) is 3.98. The van der Waals surface area contributed by atoms with Gasteiger partial charge in [0.2, 0.25) is 5.78 Å². The molecule has 100 valence electrons. The van der Waals surface area contributed by atoms with Crippen LogP contribution in [0.4, 0.5) is 13.2 Å². The van der Waals surface area contributed by atoms with E-state index in [9.17, 15) is 18.0 Å². The largest absolute Gasteiger partial charge is 0.416 e. The van der Waals surface area contributed by atoms with Crippen molar-refractivity contribution in [1.29, 1.82) is 0 Å². The highest BCUT2D eigenvalue weighted by molar-refractivity contribution is 7.18. The van der Waals surface area contributed by atoms with Gasteiger partial charge in [-0.1, -0.05) is 23.7 Å². The molecular weight excluding hydrogens is 297 g/mol. The molecule has 2 rings (SSSR count). The van der Waals surface area contributed by atoms with Gasteiger partial charge in [0.05, 0.1) is 14.8 Å². The van der Waals surface area contributed by atoms with E-state index < -0.39 is 17.5 Å². The van der Waals surface area contributed by atoms with Gasteiger partial charge in [0.1, 0.15) is 0 Å². The third-order valence-electron chi connectivity index (χ3n) is 2.53. The van der Waals surface area contributed by atoms with Crippen LogP contribution in [0.25, 0.3) is 0 Å². The summed E-state index contributed by atoms with van der Waals surface area (Å²) < 4.78 is 38.2. The fourth-order valence-corrected chi connectivity index (χ4v) is 2.71. The van der Waals surface area contributed by atoms with Gasteiger partial charge >= 0.3 is 6.18 Å². The summed E-state index contributed by atoms with van der Waals surface area (Å²) in [5.74, 6) is -0.453. The molecule has 0 fully saturated rings. The van der Waals surface area contributed by atoms with E-state index in [1.165, 1.54) is 12.1 Å². The van der Waals surface area contributed by atoms with Gasteiger partial charge in [-0.3, -0.25) is 4.79 Å². The average molecular weight is 305 g/mol. The van der Waals surface area contributed by atoms with Gasteiger partial charge in [0.25, 0.3) is 0 Å². The molecule has 0 radical (unpaired) electrons. The maximum Gasteiger partial charge on any atom is 0.416 e. The van der Waals surface area contributed by atoms with Crippen LogP contribution in [0.3, 0.4) is 0 Å². The molecule has 0 atom stereocenters. The predicted octanol–water partition coefficient (Wildman–Crippen LogP) is 4.96. The highest BCUT2D eigenvalue weighted by Gasteiger charge is 2.31. The lowest BCUT2D eigenvalue weighted by Gasteiger charge is -2.07. The molecular formula is C13H8ClF3OS. The first kappa shape index (κ1) is 14.1. The monoisotopic (exact) mass is 304 g/mol. The fraction of sp³-hybridized carbons (Fsp3) is 0.154. The van der Waals surface area contributed by atoms with Crippen LogP contribution >= 0.6 is 22.9 Å². The van der Waals surface area contributed by atoms with Crippen molar-refractivity contribution < 1.29 is 18.0 Å². The second kappa shape index (κ2) is 4.98. The molecule has 1 aromatic heterocycles. The summed E-state index contributed by atoms with van der Waals surface area (Å²) in [5.41, 5.74) is -0.0903. The Morgan fingerprint density at radius 1 is 1.26 bits per heavy atom. The standard InChI is InChI=1S/C13H8ClF3OS/c1-7-5-10(19-12(7)14)11(18)8-3-2-4-9(6-8)13(15,16)17/h2-6H,1H3. The van der Waals surface area contributed by atoms with Gasteiger partial charge in [0.15, 0.2) is 0 Å². The maximum absolute atomic E-state index is 12.6. The Bertz CT molecular complexity index is 612. The molecule has 19 heavy (non-hydrogen) atoms. The van der Waals surface area contributed by atoms with Crippen LogP contribution < -0.4 is 0 Å². The SMILES string of the molecule is Cc1cc(C(=O)c2cccc(C(F)(F)F)c2)sc1Cl. The summed E-state index contributed by atoms with van der Waals surface area (Å²) in [6.07, 6.45) is -4.46. The first-order valence-corrected chi connectivity index (χ1v) is 6.46. The van der Waals surface area contributed by atoms with Crippen LogP contribution in [0.15, 0.2) is 30.3 Å². The number of hydrogen-bond donors (Lipinski definition) is 0. The topological polar surface area (TPSA) is 17.1 Å². The number of halogens is 4. The molecule has 0 bridgehead atoms. The molecule has 0 aliphatic heterocycles. The van der Waals surface area contributed by atoms with Crippen LogP contribution in [-0.4, -0.2) is 5.78 Å². The summed E-state index contributed by atoms with van der Waals surface area (Å²) in [7, 11) is 0. The molecule has 0 spiro atoms. The summed E-state index contributed by atoms with van der Waals surface area (Å²) >= 11 is 6.92. The van der Waals surface area contributed by atoms with Crippen molar-refractivity contribution in [2.45, 2.75) is 13.1 Å².